The molecule has 4 nitrogen and oxygen atoms in total. The number of phenols is 1. The first-order valence-corrected chi connectivity index (χ1v) is 9.82. The highest BCUT2D eigenvalue weighted by molar-refractivity contribution is 8.00. The number of fused-ring (bicyclic) bond motifs is 3. The van der Waals surface area contributed by atoms with E-state index in [0.29, 0.717) is 11.1 Å². The van der Waals surface area contributed by atoms with Crippen LogP contribution in [-0.2, 0) is 0 Å². The second kappa shape index (κ2) is 6.46. The number of hydrogen-bond donors (Lipinski definition) is 2. The molecular weight excluding hydrogens is 370 g/mol. The first-order chi connectivity index (χ1) is 13.7. The maximum absolute atomic E-state index is 13.3. The zero-order valence-corrected chi connectivity index (χ0v) is 15.9. The van der Waals surface area contributed by atoms with E-state index >= 15 is 0 Å². The van der Waals surface area contributed by atoms with Crippen molar-refractivity contribution < 1.29 is 14.6 Å². The molecule has 0 saturated carbocycles. The number of anilines is 1. The molecule has 138 valence electrons. The summed E-state index contributed by atoms with van der Waals surface area (Å²) in [6.45, 7) is 0. The van der Waals surface area contributed by atoms with Gasteiger partial charge in [-0.25, -0.2) is 0 Å². The highest BCUT2D eigenvalue weighted by atomic mass is 32.2. The van der Waals surface area contributed by atoms with Crippen LogP contribution in [0.15, 0.2) is 77.2 Å². The van der Waals surface area contributed by atoms with E-state index in [9.17, 15) is 9.90 Å². The van der Waals surface area contributed by atoms with Gasteiger partial charge in [-0.3, -0.25) is 4.79 Å². The third-order valence-electron chi connectivity index (χ3n) is 5.08. The Kier molecular flexibility index (Phi) is 3.91. The molecule has 1 aliphatic carbocycles. The van der Waals surface area contributed by atoms with Gasteiger partial charge in [0.05, 0.1) is 23.7 Å². The number of aromatic hydroxyl groups is 1. The molecule has 0 fully saturated rings. The van der Waals surface area contributed by atoms with E-state index in [2.05, 4.69) is 5.32 Å². The van der Waals surface area contributed by atoms with Crippen molar-refractivity contribution in [3.63, 3.8) is 0 Å². The van der Waals surface area contributed by atoms with Crippen LogP contribution in [0.4, 0.5) is 5.69 Å². The van der Waals surface area contributed by atoms with Crippen molar-refractivity contribution in [2.45, 2.75) is 10.1 Å². The van der Waals surface area contributed by atoms with Crippen molar-refractivity contribution in [2.75, 3.05) is 12.4 Å². The summed E-state index contributed by atoms with van der Waals surface area (Å²) in [7, 11) is 1.64. The van der Waals surface area contributed by atoms with Crippen LogP contribution in [0.2, 0.25) is 0 Å². The molecule has 1 atom stereocenters. The molecule has 3 aromatic carbocycles. The molecule has 2 aliphatic rings. The van der Waals surface area contributed by atoms with Gasteiger partial charge in [-0.1, -0.05) is 36.4 Å². The summed E-state index contributed by atoms with van der Waals surface area (Å²) in [5, 5.41) is 13.3. The molecule has 0 aromatic heterocycles. The first kappa shape index (κ1) is 17.0. The lowest BCUT2D eigenvalue weighted by atomic mass is 10.0. The Labute approximate surface area is 166 Å². The van der Waals surface area contributed by atoms with Crippen LogP contribution in [-0.4, -0.2) is 18.0 Å². The fourth-order valence-electron chi connectivity index (χ4n) is 3.76. The molecular formula is C23H17NO3S. The van der Waals surface area contributed by atoms with Gasteiger partial charge in [-0.15, -0.1) is 11.8 Å². The molecule has 0 amide bonds. The highest BCUT2D eigenvalue weighted by Crippen LogP contribution is 2.53. The molecule has 1 unspecified atom stereocenters. The van der Waals surface area contributed by atoms with E-state index in [1.54, 1.807) is 31.0 Å². The number of carbonyl (C=O) groups is 1. The summed E-state index contributed by atoms with van der Waals surface area (Å²) >= 11 is 1.59. The summed E-state index contributed by atoms with van der Waals surface area (Å²) in [5.74, 6) is 0.974. The van der Waals surface area contributed by atoms with E-state index in [1.165, 1.54) is 0 Å². The van der Waals surface area contributed by atoms with Crippen LogP contribution in [0.5, 0.6) is 11.5 Å². The zero-order valence-electron chi connectivity index (χ0n) is 15.1. The smallest absolute Gasteiger partial charge is 0.193 e. The van der Waals surface area contributed by atoms with Gasteiger partial charge in [-0.2, -0.15) is 0 Å². The molecule has 0 saturated heterocycles. The predicted octanol–water partition coefficient (Wildman–Crippen LogP) is 5.27. The number of thioether (sulfide) groups is 1. The van der Waals surface area contributed by atoms with Gasteiger partial charge in [0.15, 0.2) is 5.78 Å². The molecule has 5 heteroatoms. The van der Waals surface area contributed by atoms with E-state index < -0.39 is 0 Å². The molecule has 1 heterocycles. The number of carbonyl (C=O) groups excluding carboxylic acids is 1. The van der Waals surface area contributed by atoms with E-state index in [4.69, 9.17) is 4.74 Å². The molecule has 3 aromatic rings. The minimum absolute atomic E-state index is 0.0266. The molecule has 0 bridgehead atoms. The van der Waals surface area contributed by atoms with Crippen LogP contribution in [0, 0.1) is 0 Å². The van der Waals surface area contributed by atoms with E-state index in [-0.39, 0.29) is 16.8 Å². The highest BCUT2D eigenvalue weighted by Gasteiger charge is 2.38. The summed E-state index contributed by atoms with van der Waals surface area (Å²) < 4.78 is 5.39. The summed E-state index contributed by atoms with van der Waals surface area (Å²) in [6, 6.07) is 20.6. The predicted molar refractivity (Wildman–Crippen MR) is 111 cm³/mol. The Balaban J connectivity index is 1.74. The Bertz CT molecular complexity index is 1150. The van der Waals surface area contributed by atoms with Crippen molar-refractivity contribution in [1.29, 1.82) is 0 Å². The van der Waals surface area contributed by atoms with E-state index in [1.807, 2.05) is 54.6 Å². The Morgan fingerprint density at radius 2 is 1.82 bits per heavy atom. The van der Waals surface area contributed by atoms with Crippen LogP contribution in [0.1, 0.15) is 26.7 Å². The van der Waals surface area contributed by atoms with Crippen molar-refractivity contribution in [3.05, 3.63) is 89.0 Å². The van der Waals surface area contributed by atoms with Crippen molar-refractivity contribution in [1.82, 2.24) is 0 Å². The van der Waals surface area contributed by atoms with Gasteiger partial charge < -0.3 is 15.2 Å². The summed E-state index contributed by atoms with van der Waals surface area (Å²) in [5.41, 5.74) is 5.00. The second-order valence-corrected chi connectivity index (χ2v) is 7.89. The lowest BCUT2D eigenvalue weighted by Gasteiger charge is -2.18. The second-order valence-electron chi connectivity index (χ2n) is 6.74. The molecule has 1 aliphatic heterocycles. The third-order valence-corrected chi connectivity index (χ3v) is 6.42. The lowest BCUT2D eigenvalue weighted by Crippen LogP contribution is -2.07. The molecule has 2 N–H and O–H groups in total. The average molecular weight is 387 g/mol. The number of hydrogen-bond acceptors (Lipinski definition) is 5. The van der Waals surface area contributed by atoms with Crippen LogP contribution in [0.25, 0.3) is 5.70 Å². The summed E-state index contributed by atoms with van der Waals surface area (Å²) in [6.07, 6.45) is 0. The fourth-order valence-corrected chi connectivity index (χ4v) is 5.07. The number of phenolic OH excluding ortho intramolecular Hbond substituents is 1. The van der Waals surface area contributed by atoms with Gasteiger partial charge in [0.25, 0.3) is 0 Å². The van der Waals surface area contributed by atoms with E-state index in [0.717, 1.165) is 33.2 Å². The number of rotatable bonds is 2. The Morgan fingerprint density at radius 3 is 2.61 bits per heavy atom. The van der Waals surface area contributed by atoms with Gasteiger partial charge in [0.2, 0.25) is 0 Å². The number of Topliss-reactive ketones (excluding diaryl/α,β-unsaturated/α-hetero) is 1. The van der Waals surface area contributed by atoms with Crippen LogP contribution < -0.4 is 10.1 Å². The maximum atomic E-state index is 13.3. The van der Waals surface area contributed by atoms with Gasteiger partial charge in [0, 0.05) is 21.6 Å². The molecule has 28 heavy (non-hydrogen) atoms. The lowest BCUT2D eigenvalue weighted by molar-refractivity contribution is 0.103. The summed E-state index contributed by atoms with van der Waals surface area (Å²) in [4.78, 5) is 14.3. The van der Waals surface area contributed by atoms with Crippen LogP contribution in [0.3, 0.4) is 0 Å². The molecule has 5 rings (SSSR count). The van der Waals surface area contributed by atoms with Crippen molar-refractivity contribution in [2.24, 2.45) is 0 Å². The standard InChI is InChI=1S/C23H17NO3S/c1-27-15-9-10-18-19(12-15)28-23(13-5-4-6-14(25)11-13)20-21(24-18)16-7-2-3-8-17(16)22(20)26/h2-12,23-25H,1H3. The average Bonchev–Trinajstić information content (AvgIpc) is 2.88. The number of methoxy groups -OCH3 is 1. The third kappa shape index (κ3) is 2.59. The zero-order chi connectivity index (χ0) is 19.3. The molecule has 0 spiro atoms. The number of benzene rings is 3. The first-order valence-electron chi connectivity index (χ1n) is 8.94. The maximum Gasteiger partial charge on any atom is 0.193 e. The Hall–Kier alpha value is -3.18. The normalized spacial score (nSPS) is 17.3. The number of ether oxygens (including phenoxy) is 1. The quantitative estimate of drug-likeness (QED) is 0.628. The Morgan fingerprint density at radius 1 is 1.00 bits per heavy atom. The monoisotopic (exact) mass is 387 g/mol. The minimum atomic E-state index is -0.247. The largest absolute Gasteiger partial charge is 0.508 e. The number of ketones is 1. The minimum Gasteiger partial charge on any atom is -0.508 e. The van der Waals surface area contributed by atoms with Gasteiger partial charge in [0.1, 0.15) is 11.5 Å². The van der Waals surface area contributed by atoms with Crippen LogP contribution >= 0.6 is 11.8 Å². The van der Waals surface area contributed by atoms with Crippen molar-refractivity contribution >= 4 is 28.9 Å². The van der Waals surface area contributed by atoms with Crippen molar-refractivity contribution in [3.8, 4) is 11.5 Å². The number of nitrogens with one attached hydrogen (secondary N) is 1. The topological polar surface area (TPSA) is 58.6 Å². The fraction of sp³-hybridized carbons (Fsp3) is 0.0870. The van der Waals surface area contributed by atoms with Gasteiger partial charge >= 0.3 is 0 Å². The van der Waals surface area contributed by atoms with Gasteiger partial charge in [-0.05, 0) is 35.9 Å². The SMILES string of the molecule is COc1ccc2c(c1)SC(c1cccc(O)c1)C1=C(N2)c2ccccc2C1=O. The molecule has 0 radical (unpaired) electrons.